The van der Waals surface area contributed by atoms with E-state index in [1.54, 1.807) is 0 Å². The largest absolute Gasteiger partial charge is 0.455 e. The SMILES string of the molecule is CC(C)(C)c1ccc(N(c2ccc3c(c2)-c2ccc4ccccc4c2C3(C)C)c2ccc3ccccc3c2-c2cccc3c2oc2ccccc23)c2ccccc12. The van der Waals surface area contributed by atoms with Crippen molar-refractivity contribution in [2.24, 2.45) is 0 Å². The summed E-state index contributed by atoms with van der Waals surface area (Å²) in [4.78, 5) is 2.52. The molecule has 0 saturated heterocycles. The quantitative estimate of drug-likeness (QED) is 0.179. The van der Waals surface area contributed by atoms with Crippen molar-refractivity contribution in [1.29, 1.82) is 0 Å². The predicted octanol–water partition coefficient (Wildman–Crippen LogP) is 15.8. The minimum Gasteiger partial charge on any atom is -0.455 e. The van der Waals surface area contributed by atoms with Gasteiger partial charge in [0.25, 0.3) is 0 Å². The number of fused-ring (bicyclic) bond motifs is 10. The summed E-state index contributed by atoms with van der Waals surface area (Å²) in [5.74, 6) is 0. The fourth-order valence-corrected chi connectivity index (χ4v) is 9.96. The lowest BCUT2D eigenvalue weighted by molar-refractivity contribution is 0.596. The average Bonchev–Trinajstić information content (AvgIpc) is 3.72. The van der Waals surface area contributed by atoms with Crippen LogP contribution in [0.5, 0.6) is 0 Å². The third-order valence-corrected chi connectivity index (χ3v) is 12.6. The molecule has 0 amide bonds. The van der Waals surface area contributed by atoms with E-state index in [2.05, 4.69) is 209 Å². The molecule has 0 spiro atoms. The molecule has 0 unspecified atom stereocenters. The molecule has 0 radical (unpaired) electrons. The molecule has 0 atom stereocenters. The monoisotopic (exact) mass is 733 g/mol. The number of benzene rings is 9. The molecule has 0 bridgehead atoms. The number of hydrogen-bond acceptors (Lipinski definition) is 2. The molecule has 11 rings (SSSR count). The molecule has 0 saturated carbocycles. The summed E-state index contributed by atoms with van der Waals surface area (Å²) in [5.41, 5.74) is 13.9. The van der Waals surface area contributed by atoms with Gasteiger partial charge in [0.2, 0.25) is 0 Å². The minimum atomic E-state index is -0.152. The molecule has 9 aromatic carbocycles. The Morgan fingerprint density at radius 2 is 1.11 bits per heavy atom. The molecule has 0 fully saturated rings. The maximum absolute atomic E-state index is 6.80. The Morgan fingerprint density at radius 1 is 0.474 bits per heavy atom. The van der Waals surface area contributed by atoms with Crippen molar-refractivity contribution in [3.05, 3.63) is 187 Å². The molecule has 1 heterocycles. The van der Waals surface area contributed by atoms with Gasteiger partial charge in [-0.3, -0.25) is 0 Å². The Labute approximate surface area is 333 Å². The van der Waals surface area contributed by atoms with Crippen LogP contribution in [0.3, 0.4) is 0 Å². The van der Waals surface area contributed by atoms with Gasteiger partial charge in [0.05, 0.1) is 11.4 Å². The zero-order chi connectivity index (χ0) is 38.6. The van der Waals surface area contributed by atoms with Gasteiger partial charge in [-0.05, 0) is 90.5 Å². The van der Waals surface area contributed by atoms with Crippen LogP contribution in [0, 0.1) is 0 Å². The second-order valence-electron chi connectivity index (χ2n) is 17.3. The smallest absolute Gasteiger partial charge is 0.143 e. The van der Waals surface area contributed by atoms with Crippen LogP contribution >= 0.6 is 0 Å². The topological polar surface area (TPSA) is 16.4 Å². The highest BCUT2D eigenvalue weighted by molar-refractivity contribution is 6.16. The summed E-state index contributed by atoms with van der Waals surface area (Å²) in [6.45, 7) is 11.7. The maximum atomic E-state index is 6.80. The van der Waals surface area contributed by atoms with Crippen LogP contribution in [0.1, 0.15) is 51.3 Å². The Hall–Kier alpha value is -6.64. The van der Waals surface area contributed by atoms with Crippen molar-refractivity contribution in [3.63, 3.8) is 0 Å². The summed E-state index contributed by atoms with van der Waals surface area (Å²) in [5, 5.41) is 9.73. The minimum absolute atomic E-state index is 0.0281. The highest BCUT2D eigenvalue weighted by atomic mass is 16.3. The fraction of sp³-hybridized carbons (Fsp3) is 0.127. The van der Waals surface area contributed by atoms with Crippen LogP contribution in [0.2, 0.25) is 0 Å². The van der Waals surface area contributed by atoms with E-state index in [0.717, 1.165) is 50.1 Å². The van der Waals surface area contributed by atoms with Crippen LogP contribution in [0.4, 0.5) is 17.1 Å². The Bertz CT molecular complexity index is 3260. The van der Waals surface area contributed by atoms with Crippen LogP contribution in [-0.2, 0) is 10.8 Å². The van der Waals surface area contributed by atoms with Gasteiger partial charge < -0.3 is 9.32 Å². The van der Waals surface area contributed by atoms with Crippen molar-refractivity contribution in [2.75, 3.05) is 4.90 Å². The summed E-state index contributed by atoms with van der Waals surface area (Å²) < 4.78 is 6.80. The Morgan fingerprint density at radius 3 is 1.89 bits per heavy atom. The van der Waals surface area contributed by atoms with Gasteiger partial charge in [-0.25, -0.2) is 0 Å². The van der Waals surface area contributed by atoms with Crippen molar-refractivity contribution in [1.82, 2.24) is 0 Å². The van der Waals surface area contributed by atoms with Crippen molar-refractivity contribution < 1.29 is 4.42 Å². The van der Waals surface area contributed by atoms with Crippen molar-refractivity contribution in [2.45, 2.75) is 45.4 Å². The molecule has 57 heavy (non-hydrogen) atoms. The van der Waals surface area contributed by atoms with E-state index < -0.39 is 0 Å². The average molecular weight is 734 g/mol. The molecule has 10 aromatic rings. The Balaban J connectivity index is 1.25. The number of hydrogen-bond donors (Lipinski definition) is 0. The van der Waals surface area contributed by atoms with Crippen LogP contribution in [0.25, 0.3) is 76.5 Å². The number of rotatable bonds is 4. The molecule has 0 aliphatic heterocycles. The second-order valence-corrected chi connectivity index (χ2v) is 17.3. The molecule has 1 aliphatic carbocycles. The first-order chi connectivity index (χ1) is 27.7. The number of furan rings is 1. The molecular weight excluding hydrogens is 691 g/mol. The molecule has 2 heteroatoms. The van der Waals surface area contributed by atoms with Gasteiger partial charge in [0, 0.05) is 38.4 Å². The van der Waals surface area contributed by atoms with Gasteiger partial charge in [0.15, 0.2) is 0 Å². The van der Waals surface area contributed by atoms with Crippen LogP contribution < -0.4 is 4.90 Å². The zero-order valence-corrected chi connectivity index (χ0v) is 33.0. The van der Waals surface area contributed by atoms with E-state index in [-0.39, 0.29) is 10.8 Å². The number of anilines is 3. The third kappa shape index (κ3) is 4.96. The van der Waals surface area contributed by atoms with Crippen LogP contribution in [-0.4, -0.2) is 0 Å². The van der Waals surface area contributed by atoms with Crippen molar-refractivity contribution in [3.8, 4) is 22.3 Å². The summed E-state index contributed by atoms with van der Waals surface area (Å²) >= 11 is 0. The van der Waals surface area contributed by atoms with E-state index in [1.807, 2.05) is 0 Å². The maximum Gasteiger partial charge on any atom is 0.143 e. The lowest BCUT2D eigenvalue weighted by Crippen LogP contribution is -2.17. The van der Waals surface area contributed by atoms with E-state index in [4.69, 9.17) is 4.42 Å². The lowest BCUT2D eigenvalue weighted by atomic mass is 9.80. The zero-order valence-electron chi connectivity index (χ0n) is 33.0. The molecule has 0 N–H and O–H groups in total. The first-order valence-corrected chi connectivity index (χ1v) is 20.1. The van der Waals surface area contributed by atoms with E-state index in [1.165, 1.54) is 60.1 Å². The standard InChI is InChI=1S/C55H43NO/c1-54(2,3)46-30-32-48(40-20-11-10-19-39(40)46)56(36-27-29-47-45(33-36)42-28-25-35-16-7-9-18-38(35)52(42)55(47,4)5)49-31-26-34-15-6-8-17-37(34)51(49)44-23-14-22-43-41-21-12-13-24-50(41)57-53(43)44/h6-33H,1-5H3. The lowest BCUT2D eigenvalue weighted by Gasteiger charge is -2.32. The molecule has 1 aliphatic rings. The van der Waals surface area contributed by atoms with Gasteiger partial charge >= 0.3 is 0 Å². The van der Waals surface area contributed by atoms with E-state index in [0.29, 0.717) is 0 Å². The highest BCUT2D eigenvalue weighted by Crippen LogP contribution is 2.55. The van der Waals surface area contributed by atoms with Gasteiger partial charge in [-0.2, -0.15) is 0 Å². The fourth-order valence-electron chi connectivity index (χ4n) is 9.96. The molecule has 2 nitrogen and oxygen atoms in total. The molecule has 1 aromatic heterocycles. The number of para-hydroxylation sites is 2. The summed E-state index contributed by atoms with van der Waals surface area (Å²) in [6, 6.07) is 62.7. The second kappa shape index (κ2) is 12.2. The van der Waals surface area contributed by atoms with Gasteiger partial charge in [0.1, 0.15) is 11.2 Å². The molecular formula is C55H43NO. The predicted molar refractivity (Wildman–Crippen MR) is 243 cm³/mol. The third-order valence-electron chi connectivity index (χ3n) is 12.6. The first-order valence-electron chi connectivity index (χ1n) is 20.1. The highest BCUT2D eigenvalue weighted by Gasteiger charge is 2.37. The molecule has 274 valence electrons. The van der Waals surface area contributed by atoms with E-state index >= 15 is 0 Å². The van der Waals surface area contributed by atoms with E-state index in [9.17, 15) is 0 Å². The van der Waals surface area contributed by atoms with Gasteiger partial charge in [-0.1, -0.05) is 174 Å². The Kier molecular flexibility index (Phi) is 7.20. The normalized spacial score (nSPS) is 13.5. The van der Waals surface area contributed by atoms with Crippen LogP contribution in [0.15, 0.2) is 174 Å². The van der Waals surface area contributed by atoms with Crippen molar-refractivity contribution >= 4 is 71.3 Å². The number of nitrogens with zero attached hydrogens (tertiary/aromatic N) is 1. The summed E-state index contributed by atoms with van der Waals surface area (Å²) in [6.07, 6.45) is 0. The first kappa shape index (κ1) is 33.7. The summed E-state index contributed by atoms with van der Waals surface area (Å²) in [7, 11) is 0. The van der Waals surface area contributed by atoms with Gasteiger partial charge in [-0.15, -0.1) is 0 Å².